The number of hydrogen-bond donors (Lipinski definition) is 2. The molecule has 1 aromatic carbocycles. The van der Waals surface area contributed by atoms with Gasteiger partial charge in [-0.05, 0) is 69.3 Å². The average Bonchev–Trinajstić information content (AvgIpc) is 2.76. The number of likely N-dealkylation sites (tertiary alicyclic amines) is 1. The number of benzene rings is 1. The number of halogens is 1. The van der Waals surface area contributed by atoms with Gasteiger partial charge in [-0.2, -0.15) is 0 Å². The largest absolute Gasteiger partial charge is 0.381 e. The Morgan fingerprint density at radius 2 is 2.10 bits per heavy atom. The lowest BCUT2D eigenvalue weighted by Crippen LogP contribution is -2.45. The maximum absolute atomic E-state index is 6.26. The van der Waals surface area contributed by atoms with Gasteiger partial charge in [-0.3, -0.25) is 9.89 Å². The van der Waals surface area contributed by atoms with E-state index in [4.69, 9.17) is 21.1 Å². The second-order valence-corrected chi connectivity index (χ2v) is 8.74. The lowest BCUT2D eigenvalue weighted by atomic mass is 9.85. The number of hydrogen-bond acceptors (Lipinski definition) is 4. The fourth-order valence-electron chi connectivity index (χ4n) is 4.51. The Morgan fingerprint density at radius 3 is 2.87 bits per heavy atom. The van der Waals surface area contributed by atoms with E-state index in [1.54, 1.807) is 0 Å². The van der Waals surface area contributed by atoms with Crippen LogP contribution in [0.1, 0.15) is 43.7 Å². The molecule has 0 amide bonds. The van der Waals surface area contributed by atoms with E-state index in [0.717, 1.165) is 69.7 Å². The van der Waals surface area contributed by atoms with Gasteiger partial charge in [-0.15, -0.1) is 0 Å². The molecule has 0 spiro atoms. The van der Waals surface area contributed by atoms with Crippen molar-refractivity contribution in [3.8, 4) is 0 Å². The summed E-state index contributed by atoms with van der Waals surface area (Å²) in [6.45, 7) is 5.29. The van der Waals surface area contributed by atoms with Crippen molar-refractivity contribution in [3.05, 3.63) is 34.9 Å². The average molecular weight is 437 g/mol. The molecule has 2 N–H and O–H groups in total. The first-order valence-electron chi connectivity index (χ1n) is 11.3. The summed E-state index contributed by atoms with van der Waals surface area (Å²) < 4.78 is 11.3. The molecule has 3 rings (SSSR count). The molecule has 2 unspecified atom stereocenters. The Balaban J connectivity index is 1.42. The van der Waals surface area contributed by atoms with Crippen LogP contribution >= 0.6 is 11.6 Å². The summed E-state index contributed by atoms with van der Waals surface area (Å²) in [5.74, 6) is 1.37. The summed E-state index contributed by atoms with van der Waals surface area (Å²) in [4.78, 5) is 6.84. The van der Waals surface area contributed by atoms with Crippen molar-refractivity contribution in [2.45, 2.75) is 44.2 Å². The first-order valence-corrected chi connectivity index (χ1v) is 11.6. The Morgan fingerprint density at radius 1 is 1.27 bits per heavy atom. The van der Waals surface area contributed by atoms with Gasteiger partial charge in [0.1, 0.15) is 0 Å². The highest BCUT2D eigenvalue weighted by atomic mass is 35.5. The Bertz CT molecular complexity index is 666. The quantitative estimate of drug-likeness (QED) is 0.371. The molecule has 30 heavy (non-hydrogen) atoms. The predicted molar refractivity (Wildman–Crippen MR) is 123 cm³/mol. The van der Waals surface area contributed by atoms with Gasteiger partial charge in [0.05, 0.1) is 6.10 Å². The molecule has 6 nitrogen and oxygen atoms in total. The van der Waals surface area contributed by atoms with Crippen LogP contribution in [0.3, 0.4) is 0 Å². The van der Waals surface area contributed by atoms with E-state index in [1.807, 2.05) is 19.2 Å². The zero-order valence-electron chi connectivity index (χ0n) is 18.4. The van der Waals surface area contributed by atoms with E-state index in [0.29, 0.717) is 18.1 Å². The highest BCUT2D eigenvalue weighted by molar-refractivity contribution is 6.30. The maximum Gasteiger partial charge on any atom is 0.190 e. The fraction of sp³-hybridized carbons (Fsp3) is 0.696. The van der Waals surface area contributed by atoms with Gasteiger partial charge < -0.3 is 20.1 Å². The van der Waals surface area contributed by atoms with Crippen molar-refractivity contribution in [2.75, 3.05) is 53.6 Å². The van der Waals surface area contributed by atoms with Gasteiger partial charge >= 0.3 is 0 Å². The summed E-state index contributed by atoms with van der Waals surface area (Å²) in [6.07, 6.45) is 5.78. The molecule has 0 bridgehead atoms. The Hall–Kier alpha value is -1.34. The van der Waals surface area contributed by atoms with E-state index in [1.165, 1.54) is 18.4 Å². The standard InChI is InChI=1S/C23H37ClN4O2/c1-25-23(26-11-5-13-30-21-9-14-29-15-10-21)27-17-19-7-4-12-28(2)22(19)18-6-3-8-20(24)16-18/h3,6,8,16,19,21-22H,4-5,7,9-15,17H2,1-2H3,(H2,25,26,27). The molecule has 2 aliphatic rings. The summed E-state index contributed by atoms with van der Waals surface area (Å²) in [6, 6.07) is 8.66. The fourth-order valence-corrected chi connectivity index (χ4v) is 4.71. The van der Waals surface area contributed by atoms with Gasteiger partial charge in [0.15, 0.2) is 5.96 Å². The number of aliphatic imine (C=N–C) groups is 1. The van der Waals surface area contributed by atoms with Crippen LogP contribution in [0.2, 0.25) is 5.02 Å². The number of guanidine groups is 1. The monoisotopic (exact) mass is 436 g/mol. The summed E-state index contributed by atoms with van der Waals surface area (Å²) in [5, 5.41) is 7.76. The number of nitrogens with zero attached hydrogens (tertiary/aromatic N) is 2. The number of nitrogens with one attached hydrogen (secondary N) is 2. The summed E-state index contributed by atoms with van der Waals surface area (Å²) in [5.41, 5.74) is 1.30. The molecule has 0 aromatic heterocycles. The first-order chi connectivity index (χ1) is 14.7. The van der Waals surface area contributed by atoms with Crippen molar-refractivity contribution < 1.29 is 9.47 Å². The number of piperidine rings is 1. The Kier molecular flexibility index (Phi) is 9.72. The van der Waals surface area contributed by atoms with Gasteiger partial charge in [0.25, 0.3) is 0 Å². The summed E-state index contributed by atoms with van der Waals surface area (Å²) in [7, 11) is 4.04. The van der Waals surface area contributed by atoms with Crippen molar-refractivity contribution in [3.63, 3.8) is 0 Å². The smallest absolute Gasteiger partial charge is 0.190 e. The van der Waals surface area contributed by atoms with Crippen LogP contribution in [0.25, 0.3) is 0 Å². The minimum atomic E-state index is 0.364. The molecule has 1 aromatic rings. The second-order valence-electron chi connectivity index (χ2n) is 8.30. The van der Waals surface area contributed by atoms with Gasteiger partial charge in [0.2, 0.25) is 0 Å². The minimum absolute atomic E-state index is 0.364. The van der Waals surface area contributed by atoms with Crippen molar-refractivity contribution in [1.82, 2.24) is 15.5 Å². The molecular formula is C23H37ClN4O2. The molecule has 2 atom stereocenters. The van der Waals surface area contributed by atoms with Crippen molar-refractivity contribution in [1.29, 1.82) is 0 Å². The van der Waals surface area contributed by atoms with Crippen LogP contribution < -0.4 is 10.6 Å². The molecule has 2 aliphatic heterocycles. The predicted octanol–water partition coefficient (Wildman–Crippen LogP) is 3.47. The molecule has 7 heteroatoms. The van der Waals surface area contributed by atoms with Gasteiger partial charge in [-0.1, -0.05) is 23.7 Å². The molecule has 2 heterocycles. The zero-order chi connectivity index (χ0) is 21.2. The van der Waals surface area contributed by atoms with Crippen molar-refractivity contribution >= 4 is 17.6 Å². The zero-order valence-corrected chi connectivity index (χ0v) is 19.2. The minimum Gasteiger partial charge on any atom is -0.381 e. The van der Waals surface area contributed by atoms with Crippen LogP contribution in [-0.2, 0) is 9.47 Å². The summed E-state index contributed by atoms with van der Waals surface area (Å²) >= 11 is 6.26. The third-order valence-corrected chi connectivity index (χ3v) is 6.32. The third-order valence-electron chi connectivity index (χ3n) is 6.09. The molecule has 0 saturated carbocycles. The normalized spacial score (nSPS) is 24.0. The molecule has 2 fully saturated rings. The molecule has 0 aliphatic carbocycles. The first kappa shape index (κ1) is 23.3. The SMILES string of the molecule is CN=C(NCCCOC1CCOCC1)NCC1CCCN(C)C1c1cccc(Cl)c1. The second kappa shape index (κ2) is 12.5. The number of ether oxygens (including phenoxy) is 2. The van der Waals surface area contributed by atoms with Crippen LogP contribution in [0.4, 0.5) is 0 Å². The molecule has 2 saturated heterocycles. The van der Waals surface area contributed by atoms with Crippen LogP contribution in [0.5, 0.6) is 0 Å². The van der Waals surface area contributed by atoms with E-state index in [2.05, 4.69) is 39.7 Å². The molecule has 168 valence electrons. The highest BCUT2D eigenvalue weighted by Crippen LogP contribution is 2.35. The van der Waals surface area contributed by atoms with E-state index in [9.17, 15) is 0 Å². The lowest BCUT2D eigenvalue weighted by Gasteiger charge is -2.40. The van der Waals surface area contributed by atoms with E-state index in [-0.39, 0.29) is 0 Å². The Labute approximate surface area is 186 Å². The topological polar surface area (TPSA) is 58.1 Å². The van der Waals surface area contributed by atoms with Crippen molar-refractivity contribution in [2.24, 2.45) is 10.9 Å². The lowest BCUT2D eigenvalue weighted by molar-refractivity contribution is -0.0320. The van der Waals surface area contributed by atoms with E-state index >= 15 is 0 Å². The number of rotatable bonds is 8. The van der Waals surface area contributed by atoms with Crippen LogP contribution in [-0.4, -0.2) is 70.5 Å². The van der Waals surface area contributed by atoms with Gasteiger partial charge in [-0.25, -0.2) is 0 Å². The highest BCUT2D eigenvalue weighted by Gasteiger charge is 2.30. The third kappa shape index (κ3) is 7.12. The van der Waals surface area contributed by atoms with Gasteiger partial charge in [0, 0.05) is 51.0 Å². The molecule has 0 radical (unpaired) electrons. The maximum atomic E-state index is 6.26. The van der Waals surface area contributed by atoms with Crippen LogP contribution in [0.15, 0.2) is 29.3 Å². The van der Waals surface area contributed by atoms with Crippen LogP contribution in [0, 0.1) is 5.92 Å². The van der Waals surface area contributed by atoms with E-state index < -0.39 is 0 Å². The molecular weight excluding hydrogens is 400 g/mol.